The lowest BCUT2D eigenvalue weighted by atomic mass is 10.1. The summed E-state index contributed by atoms with van der Waals surface area (Å²) in [5.41, 5.74) is 3.45. The van der Waals surface area contributed by atoms with E-state index >= 15 is 0 Å². The van der Waals surface area contributed by atoms with Crippen LogP contribution in [-0.2, 0) is 11.3 Å². The van der Waals surface area contributed by atoms with Gasteiger partial charge in [-0.2, -0.15) is 0 Å². The molecule has 3 heteroatoms. The first-order chi connectivity index (χ1) is 9.02. The number of nitrogens with zero attached hydrogens (tertiary/aromatic N) is 1. The maximum atomic E-state index is 11.9. The normalized spacial score (nSPS) is 10.5. The molecule has 104 valence electrons. The van der Waals surface area contributed by atoms with E-state index in [4.69, 9.17) is 0 Å². The molecule has 0 saturated carbocycles. The molecular weight excluding hydrogens is 236 g/mol. The zero-order chi connectivity index (χ0) is 14.3. The standard InChI is InChI=1S/C16H24N2O/c1-5-18(11-13(2)3)12-16(19)17-10-15-9-7-6-8-14(15)4/h6-9H,2,5,10-12H2,1,3-4H3,(H,17,19). The number of hydrogen-bond donors (Lipinski definition) is 1. The van der Waals surface area contributed by atoms with E-state index in [1.165, 1.54) is 11.1 Å². The summed E-state index contributed by atoms with van der Waals surface area (Å²) >= 11 is 0. The first-order valence-electron chi connectivity index (χ1n) is 6.71. The van der Waals surface area contributed by atoms with Crippen molar-refractivity contribution >= 4 is 5.91 Å². The lowest BCUT2D eigenvalue weighted by Crippen LogP contribution is -2.37. The molecule has 0 radical (unpaired) electrons. The average Bonchev–Trinajstić information content (AvgIpc) is 2.36. The maximum absolute atomic E-state index is 11.9. The molecule has 1 rings (SSSR count). The summed E-state index contributed by atoms with van der Waals surface area (Å²) in [6, 6.07) is 8.10. The second-order valence-electron chi connectivity index (χ2n) is 4.96. The highest BCUT2D eigenvalue weighted by Crippen LogP contribution is 2.06. The van der Waals surface area contributed by atoms with Crippen molar-refractivity contribution in [3.63, 3.8) is 0 Å². The number of hydrogen-bond acceptors (Lipinski definition) is 2. The van der Waals surface area contributed by atoms with Crippen molar-refractivity contribution in [1.82, 2.24) is 10.2 Å². The number of amides is 1. The summed E-state index contributed by atoms with van der Waals surface area (Å²) < 4.78 is 0. The van der Waals surface area contributed by atoms with Gasteiger partial charge < -0.3 is 5.32 Å². The van der Waals surface area contributed by atoms with Crippen LogP contribution in [0.1, 0.15) is 25.0 Å². The Morgan fingerprint density at radius 1 is 1.32 bits per heavy atom. The first-order valence-corrected chi connectivity index (χ1v) is 6.71. The lowest BCUT2D eigenvalue weighted by molar-refractivity contribution is -0.122. The lowest BCUT2D eigenvalue weighted by Gasteiger charge is -2.19. The number of carbonyl (C=O) groups excluding carboxylic acids is 1. The van der Waals surface area contributed by atoms with Crippen molar-refractivity contribution in [2.75, 3.05) is 19.6 Å². The third-order valence-electron chi connectivity index (χ3n) is 3.05. The molecule has 1 amide bonds. The third-order valence-corrected chi connectivity index (χ3v) is 3.05. The molecule has 0 aliphatic heterocycles. The molecule has 1 N–H and O–H groups in total. The Morgan fingerprint density at radius 3 is 2.58 bits per heavy atom. The summed E-state index contributed by atoms with van der Waals surface area (Å²) in [6.45, 7) is 12.6. The van der Waals surface area contributed by atoms with Crippen LogP contribution in [0.5, 0.6) is 0 Å². The van der Waals surface area contributed by atoms with E-state index in [1.54, 1.807) is 0 Å². The van der Waals surface area contributed by atoms with Gasteiger partial charge in [0, 0.05) is 13.1 Å². The molecule has 0 heterocycles. The highest BCUT2D eigenvalue weighted by atomic mass is 16.2. The highest BCUT2D eigenvalue weighted by molar-refractivity contribution is 5.78. The van der Waals surface area contributed by atoms with Crippen LogP contribution in [0, 0.1) is 6.92 Å². The van der Waals surface area contributed by atoms with E-state index in [-0.39, 0.29) is 5.91 Å². The van der Waals surface area contributed by atoms with Gasteiger partial charge in [0.1, 0.15) is 0 Å². The zero-order valence-electron chi connectivity index (χ0n) is 12.2. The minimum absolute atomic E-state index is 0.0614. The SMILES string of the molecule is C=C(C)CN(CC)CC(=O)NCc1ccccc1C. The molecule has 0 bridgehead atoms. The van der Waals surface area contributed by atoms with Gasteiger partial charge in [0.25, 0.3) is 0 Å². The molecule has 1 aromatic carbocycles. The van der Waals surface area contributed by atoms with Crippen LogP contribution < -0.4 is 5.32 Å². The number of rotatable bonds is 7. The minimum Gasteiger partial charge on any atom is -0.351 e. The summed E-state index contributed by atoms with van der Waals surface area (Å²) in [5.74, 6) is 0.0614. The Kier molecular flexibility index (Phi) is 6.30. The number of likely N-dealkylation sites (N-methyl/N-ethyl adjacent to an activating group) is 1. The fourth-order valence-electron chi connectivity index (χ4n) is 1.92. The maximum Gasteiger partial charge on any atom is 0.234 e. The smallest absolute Gasteiger partial charge is 0.234 e. The van der Waals surface area contributed by atoms with Gasteiger partial charge in [-0.3, -0.25) is 9.69 Å². The largest absolute Gasteiger partial charge is 0.351 e. The van der Waals surface area contributed by atoms with Crippen molar-refractivity contribution in [3.8, 4) is 0 Å². The van der Waals surface area contributed by atoms with Crippen LogP contribution in [0.3, 0.4) is 0 Å². The van der Waals surface area contributed by atoms with E-state index in [1.807, 2.05) is 25.1 Å². The van der Waals surface area contributed by atoms with Crippen LogP contribution in [0.15, 0.2) is 36.4 Å². The molecule has 0 atom stereocenters. The van der Waals surface area contributed by atoms with E-state index in [0.717, 1.165) is 18.7 Å². The molecule has 0 fully saturated rings. The van der Waals surface area contributed by atoms with Gasteiger partial charge in [0.15, 0.2) is 0 Å². The predicted molar refractivity (Wildman–Crippen MR) is 80.0 cm³/mol. The summed E-state index contributed by atoms with van der Waals surface area (Å²) in [6.07, 6.45) is 0. The summed E-state index contributed by atoms with van der Waals surface area (Å²) in [7, 11) is 0. The quantitative estimate of drug-likeness (QED) is 0.764. The van der Waals surface area contributed by atoms with Crippen LogP contribution in [-0.4, -0.2) is 30.4 Å². The monoisotopic (exact) mass is 260 g/mol. The summed E-state index contributed by atoms with van der Waals surface area (Å²) in [5, 5.41) is 2.97. The Morgan fingerprint density at radius 2 is 2.00 bits per heavy atom. The average molecular weight is 260 g/mol. The molecule has 0 aliphatic carbocycles. The number of benzene rings is 1. The van der Waals surface area contributed by atoms with Crippen LogP contribution in [0.2, 0.25) is 0 Å². The second kappa shape index (κ2) is 7.74. The number of aryl methyl sites for hydroxylation is 1. The van der Waals surface area contributed by atoms with Crippen molar-refractivity contribution in [3.05, 3.63) is 47.5 Å². The predicted octanol–water partition coefficient (Wildman–Crippen LogP) is 2.51. The number of nitrogens with one attached hydrogen (secondary N) is 1. The highest BCUT2D eigenvalue weighted by Gasteiger charge is 2.09. The van der Waals surface area contributed by atoms with E-state index in [0.29, 0.717) is 13.1 Å². The number of carbonyl (C=O) groups is 1. The Bertz CT molecular complexity index is 440. The van der Waals surface area contributed by atoms with Crippen molar-refractivity contribution < 1.29 is 4.79 Å². The van der Waals surface area contributed by atoms with Gasteiger partial charge in [-0.05, 0) is 31.5 Å². The topological polar surface area (TPSA) is 32.3 Å². The van der Waals surface area contributed by atoms with Crippen molar-refractivity contribution in [2.24, 2.45) is 0 Å². The molecule has 3 nitrogen and oxygen atoms in total. The van der Waals surface area contributed by atoms with Crippen molar-refractivity contribution in [1.29, 1.82) is 0 Å². The fourth-order valence-corrected chi connectivity index (χ4v) is 1.92. The third kappa shape index (κ3) is 5.71. The molecular formula is C16H24N2O. The van der Waals surface area contributed by atoms with Gasteiger partial charge >= 0.3 is 0 Å². The van der Waals surface area contributed by atoms with Crippen LogP contribution >= 0.6 is 0 Å². The Labute approximate surface area is 116 Å². The molecule has 0 unspecified atom stereocenters. The Balaban J connectivity index is 2.43. The fraction of sp³-hybridized carbons (Fsp3) is 0.438. The molecule has 0 aliphatic rings. The van der Waals surface area contributed by atoms with E-state index in [2.05, 4.69) is 36.7 Å². The van der Waals surface area contributed by atoms with E-state index < -0.39 is 0 Å². The van der Waals surface area contributed by atoms with Gasteiger partial charge in [-0.15, -0.1) is 0 Å². The molecule has 0 saturated heterocycles. The van der Waals surface area contributed by atoms with Crippen LogP contribution in [0.25, 0.3) is 0 Å². The van der Waals surface area contributed by atoms with Gasteiger partial charge in [-0.1, -0.05) is 43.3 Å². The first kappa shape index (κ1) is 15.4. The molecule has 0 aromatic heterocycles. The van der Waals surface area contributed by atoms with Crippen molar-refractivity contribution in [2.45, 2.75) is 27.3 Å². The molecule has 1 aromatic rings. The van der Waals surface area contributed by atoms with Gasteiger partial charge in [0.05, 0.1) is 6.54 Å². The summed E-state index contributed by atoms with van der Waals surface area (Å²) in [4.78, 5) is 14.0. The Hall–Kier alpha value is -1.61. The zero-order valence-corrected chi connectivity index (χ0v) is 12.2. The molecule has 19 heavy (non-hydrogen) atoms. The van der Waals surface area contributed by atoms with Gasteiger partial charge in [0.2, 0.25) is 5.91 Å². The van der Waals surface area contributed by atoms with Gasteiger partial charge in [-0.25, -0.2) is 0 Å². The second-order valence-corrected chi connectivity index (χ2v) is 4.96. The van der Waals surface area contributed by atoms with Crippen LogP contribution in [0.4, 0.5) is 0 Å². The van der Waals surface area contributed by atoms with E-state index in [9.17, 15) is 4.79 Å². The minimum atomic E-state index is 0.0614. The molecule has 0 spiro atoms.